The van der Waals surface area contributed by atoms with Crippen molar-refractivity contribution in [3.8, 4) is 10.4 Å². The normalized spacial score (nSPS) is 14.8. The van der Waals surface area contributed by atoms with Crippen LogP contribution in [0.25, 0.3) is 27.1 Å². The first kappa shape index (κ1) is 31.8. The standard InChI is InChI=1S/C34H37N9O3SSi/c1-44-26-11-9-25(10-12-26)21-41(22-31-37-28-7-5-6-8-29(28)42(31)24-46-17-18-48(2,3)4)34-39-33(40-13-15-45-16-14-40)38-32-27(19-36-43(32)34)30-20-35-23-47-30/h5,7,9,11,19-20,23H,13-18,21-22,24H2,1-4H3. The van der Waals surface area contributed by atoms with Crippen molar-refractivity contribution < 1.29 is 14.2 Å². The van der Waals surface area contributed by atoms with Gasteiger partial charge in [0.05, 0.1) is 61.1 Å². The van der Waals surface area contributed by atoms with E-state index in [1.807, 2.05) is 46.7 Å². The number of morpholine rings is 1. The van der Waals surface area contributed by atoms with E-state index in [0.29, 0.717) is 76.0 Å². The summed E-state index contributed by atoms with van der Waals surface area (Å²) in [5, 5.41) is 4.83. The zero-order valence-corrected chi connectivity index (χ0v) is 29.4. The lowest BCUT2D eigenvalue weighted by Crippen LogP contribution is -2.38. The quantitative estimate of drug-likeness (QED) is 0.0944. The lowest BCUT2D eigenvalue weighted by Gasteiger charge is -2.29. The highest BCUT2D eigenvalue weighted by atomic mass is 32.1. The van der Waals surface area contributed by atoms with Gasteiger partial charge >= 0.3 is 0 Å². The van der Waals surface area contributed by atoms with E-state index in [4.69, 9.17) is 34.3 Å². The number of fused-ring (bicyclic) bond motifs is 2. The van der Waals surface area contributed by atoms with Crippen LogP contribution in [0.4, 0.5) is 11.9 Å². The van der Waals surface area contributed by atoms with Crippen LogP contribution in [0.2, 0.25) is 25.7 Å². The zero-order valence-electron chi connectivity index (χ0n) is 27.6. The Morgan fingerprint density at radius 2 is 1.94 bits per heavy atom. The number of aromatic nitrogens is 7. The average Bonchev–Trinajstić information content (AvgIpc) is 3.85. The van der Waals surface area contributed by atoms with E-state index in [9.17, 15) is 0 Å². The third-order valence-corrected chi connectivity index (χ3v) is 10.6. The van der Waals surface area contributed by atoms with Gasteiger partial charge in [-0.3, -0.25) is 9.55 Å². The van der Waals surface area contributed by atoms with Crippen molar-refractivity contribution in [2.24, 2.45) is 0 Å². The molecule has 1 fully saturated rings. The van der Waals surface area contributed by atoms with Gasteiger partial charge in [-0.05, 0) is 42.1 Å². The van der Waals surface area contributed by atoms with Gasteiger partial charge in [-0.15, -0.1) is 11.3 Å². The number of allylic oxidation sites excluding steroid dienone is 1. The second-order valence-corrected chi connectivity index (χ2v) is 19.3. The molecule has 246 valence electrons. The first-order chi connectivity index (χ1) is 23.4. The number of ether oxygens (including phenoxy) is 3. The largest absolute Gasteiger partial charge is 0.489 e. The lowest BCUT2D eigenvalue weighted by atomic mass is 10.2. The highest BCUT2D eigenvalue weighted by Crippen LogP contribution is 2.31. The van der Waals surface area contributed by atoms with Gasteiger partial charge in [-0.1, -0.05) is 31.4 Å². The smallest absolute Gasteiger partial charge is 0.232 e. The molecule has 1 saturated heterocycles. The fourth-order valence-electron chi connectivity index (χ4n) is 5.46. The molecule has 0 spiro atoms. The lowest BCUT2D eigenvalue weighted by molar-refractivity contribution is 0.0879. The van der Waals surface area contributed by atoms with Crippen molar-refractivity contribution in [1.29, 1.82) is 0 Å². The number of hydrogen-bond donors (Lipinski definition) is 0. The molecule has 2 aliphatic rings. The van der Waals surface area contributed by atoms with Crippen LogP contribution >= 0.6 is 11.3 Å². The second-order valence-electron chi connectivity index (χ2n) is 12.8. The summed E-state index contributed by atoms with van der Waals surface area (Å²) in [5.74, 6) is 2.67. The summed E-state index contributed by atoms with van der Waals surface area (Å²) in [6.45, 7) is 11.6. The predicted octanol–water partition coefficient (Wildman–Crippen LogP) is 5.13. The van der Waals surface area contributed by atoms with Crippen LogP contribution in [0.3, 0.4) is 0 Å². The number of hydrogen-bond acceptors (Lipinski definition) is 11. The van der Waals surface area contributed by atoms with Crippen molar-refractivity contribution in [1.82, 2.24) is 34.1 Å². The van der Waals surface area contributed by atoms with Gasteiger partial charge in [0.1, 0.15) is 18.1 Å². The molecule has 0 radical (unpaired) electrons. The van der Waals surface area contributed by atoms with Crippen LogP contribution < -0.4 is 9.80 Å². The minimum Gasteiger partial charge on any atom is -0.489 e. The fourth-order valence-corrected chi connectivity index (χ4v) is 6.85. The Hall–Kier alpha value is -4.73. The summed E-state index contributed by atoms with van der Waals surface area (Å²) in [4.78, 5) is 24.9. The fraction of sp³-hybridized carbons (Fsp3) is 0.382. The Balaban J connectivity index is 1.34. The van der Waals surface area contributed by atoms with Crippen molar-refractivity contribution in [3.05, 3.63) is 82.9 Å². The topological polar surface area (TPSA) is 108 Å². The molecule has 14 heteroatoms. The van der Waals surface area contributed by atoms with Gasteiger partial charge < -0.3 is 24.0 Å². The van der Waals surface area contributed by atoms with Gasteiger partial charge in [-0.2, -0.15) is 19.6 Å². The van der Waals surface area contributed by atoms with Crippen LogP contribution in [0.1, 0.15) is 5.82 Å². The summed E-state index contributed by atoms with van der Waals surface area (Å²) >= 11 is 1.55. The molecule has 0 amide bonds. The van der Waals surface area contributed by atoms with Gasteiger partial charge in [0.15, 0.2) is 11.4 Å². The number of anilines is 2. The van der Waals surface area contributed by atoms with Gasteiger partial charge in [0.2, 0.25) is 11.9 Å². The number of imidazole rings is 1. The van der Waals surface area contributed by atoms with Gasteiger partial charge in [-0.25, -0.2) is 4.98 Å². The Morgan fingerprint density at radius 3 is 2.69 bits per heavy atom. The van der Waals surface area contributed by atoms with Crippen molar-refractivity contribution in [2.45, 2.75) is 39.0 Å². The second kappa shape index (κ2) is 13.8. The van der Waals surface area contributed by atoms with Crippen LogP contribution in [0, 0.1) is 12.1 Å². The summed E-state index contributed by atoms with van der Waals surface area (Å²) < 4.78 is 21.2. The molecule has 5 heterocycles. The Morgan fingerprint density at radius 1 is 1.06 bits per heavy atom. The van der Waals surface area contributed by atoms with Crippen LogP contribution in [-0.2, 0) is 27.5 Å². The molecular weight excluding hydrogens is 643 g/mol. The molecule has 0 atom stereocenters. The molecule has 48 heavy (non-hydrogen) atoms. The third kappa shape index (κ3) is 6.93. The summed E-state index contributed by atoms with van der Waals surface area (Å²) in [7, 11) is 0.367. The van der Waals surface area contributed by atoms with Crippen molar-refractivity contribution in [3.63, 3.8) is 0 Å². The van der Waals surface area contributed by atoms with E-state index in [0.717, 1.165) is 38.9 Å². The van der Waals surface area contributed by atoms with Crippen LogP contribution in [0.15, 0.2) is 65.0 Å². The molecule has 0 N–H and O–H groups in total. The number of thiazole rings is 1. The Bertz CT molecular complexity index is 2040. The summed E-state index contributed by atoms with van der Waals surface area (Å²) in [5.41, 5.74) is 12.4. The zero-order chi connectivity index (χ0) is 33.1. The maximum absolute atomic E-state index is 6.26. The Labute approximate surface area is 284 Å². The van der Waals surface area contributed by atoms with E-state index in [-0.39, 0.29) is 0 Å². The molecule has 5 aromatic rings. The molecule has 4 aromatic heterocycles. The maximum atomic E-state index is 6.26. The summed E-state index contributed by atoms with van der Waals surface area (Å²) in [6, 6.07) is 11.2. The molecule has 0 unspecified atom stereocenters. The van der Waals surface area contributed by atoms with Crippen LogP contribution in [-0.4, -0.2) is 88.8 Å². The molecule has 0 bridgehead atoms. The molecule has 7 rings (SSSR count). The number of nitrogens with zero attached hydrogens (tertiary/aromatic N) is 9. The van der Waals surface area contributed by atoms with Gasteiger partial charge in [0, 0.05) is 39.5 Å². The number of methoxy groups -OCH3 is 1. The van der Waals surface area contributed by atoms with Crippen molar-refractivity contribution >= 4 is 48.0 Å². The van der Waals surface area contributed by atoms with Crippen LogP contribution in [0.5, 0.6) is 0 Å². The maximum Gasteiger partial charge on any atom is 0.232 e. The van der Waals surface area contributed by atoms with E-state index < -0.39 is 8.07 Å². The number of rotatable bonds is 13. The molecular formula is C34H37N9O3SSi. The Kier molecular flexibility index (Phi) is 9.14. The minimum absolute atomic E-state index is 0.358. The molecule has 0 saturated carbocycles. The summed E-state index contributed by atoms with van der Waals surface area (Å²) in [6.07, 6.45) is 7.55. The first-order valence-corrected chi connectivity index (χ1v) is 20.5. The monoisotopic (exact) mass is 679 g/mol. The van der Waals surface area contributed by atoms with Gasteiger partial charge in [0.25, 0.3) is 0 Å². The highest BCUT2D eigenvalue weighted by molar-refractivity contribution is 7.13. The van der Waals surface area contributed by atoms with Crippen molar-refractivity contribution in [2.75, 3.05) is 56.4 Å². The van der Waals surface area contributed by atoms with E-state index in [1.54, 1.807) is 18.4 Å². The molecule has 1 aliphatic carbocycles. The molecule has 1 aliphatic heterocycles. The van der Waals surface area contributed by atoms with E-state index in [1.165, 1.54) is 0 Å². The predicted molar refractivity (Wildman–Crippen MR) is 188 cm³/mol. The average molecular weight is 680 g/mol. The first-order valence-electron chi connectivity index (χ1n) is 15.9. The highest BCUT2D eigenvalue weighted by Gasteiger charge is 2.25. The SMILES string of the molecule is COC1=C=C=C(CN(Cc2nc3ccc#cc3n2COCC[Si](C)(C)C)c2nc(N3CCOCC3)nc3c(-c4cncs4)cnn23)C=C1. The van der Waals surface area contributed by atoms with E-state index in [2.05, 4.69) is 62.6 Å². The minimum atomic E-state index is -1.26. The third-order valence-electron chi connectivity index (χ3n) is 8.11. The molecule has 12 nitrogen and oxygen atoms in total. The van der Waals surface area contributed by atoms with E-state index >= 15 is 0 Å². The molecule has 1 aromatic carbocycles.